The van der Waals surface area contributed by atoms with E-state index in [9.17, 15) is 13.2 Å². The minimum absolute atomic E-state index is 0.421. The Morgan fingerprint density at radius 3 is 1.14 bits per heavy atom. The van der Waals surface area contributed by atoms with Gasteiger partial charge in [0, 0.05) is 0 Å². The van der Waals surface area contributed by atoms with Crippen molar-refractivity contribution < 1.29 is 13.2 Å². The maximum Gasteiger partial charge on any atom is 0.416 e. The van der Waals surface area contributed by atoms with Crippen molar-refractivity contribution in [2.45, 2.75) is 74.9 Å². The summed E-state index contributed by atoms with van der Waals surface area (Å²) in [6.07, 6.45) is -3.63. The van der Waals surface area contributed by atoms with Crippen molar-refractivity contribution in [3.05, 3.63) is 176 Å². The highest BCUT2D eigenvalue weighted by Gasteiger charge is 2.30. The summed E-state index contributed by atoms with van der Waals surface area (Å²) in [6, 6.07) is 33.3. The number of hydrogen-bond donors (Lipinski definition) is 0. The van der Waals surface area contributed by atoms with Crippen molar-refractivity contribution in [2.75, 3.05) is 0 Å². The van der Waals surface area contributed by atoms with E-state index in [4.69, 9.17) is 24.9 Å². The van der Waals surface area contributed by atoms with Crippen molar-refractivity contribution in [3.8, 4) is 0 Å². The molecular weight excluding hydrogens is 730 g/mol. The minimum Gasteiger partial charge on any atom is -0.252 e. The molecule has 0 radical (unpaired) electrons. The number of pyridine rings is 2. The van der Waals surface area contributed by atoms with Crippen LogP contribution < -0.4 is 0 Å². The monoisotopic (exact) mass is 776 g/mol. The Morgan fingerprint density at radius 1 is 0.466 bits per heavy atom. The second-order valence-corrected chi connectivity index (χ2v) is 14.8. The molecule has 0 spiro atoms. The summed E-state index contributed by atoms with van der Waals surface area (Å²) in [5, 5.41) is 0. The average molecular weight is 777 g/mol. The lowest BCUT2D eigenvalue weighted by Crippen LogP contribution is -2.05. The topological polar surface area (TPSA) is 75.2 Å². The van der Waals surface area contributed by atoms with E-state index in [2.05, 4.69) is 76.0 Å². The van der Waals surface area contributed by atoms with Gasteiger partial charge in [0.2, 0.25) is 0 Å². The van der Waals surface area contributed by atoms with E-state index in [-0.39, 0.29) is 0 Å². The van der Waals surface area contributed by atoms with E-state index < -0.39 is 11.7 Å². The number of rotatable bonds is 10. The van der Waals surface area contributed by atoms with E-state index in [1.165, 1.54) is 28.8 Å². The molecular formula is C49H47F3N6. The van der Waals surface area contributed by atoms with Gasteiger partial charge in [0.1, 0.15) is 0 Å². The van der Waals surface area contributed by atoms with Gasteiger partial charge in [-0.2, -0.15) is 13.2 Å². The third-order valence-electron chi connectivity index (χ3n) is 9.87. The van der Waals surface area contributed by atoms with Crippen LogP contribution in [-0.2, 0) is 12.6 Å². The van der Waals surface area contributed by atoms with Crippen LogP contribution in [0.15, 0.2) is 129 Å². The van der Waals surface area contributed by atoms with Crippen molar-refractivity contribution >= 4 is 45.6 Å². The van der Waals surface area contributed by atoms with Crippen LogP contribution in [0.4, 0.5) is 35.9 Å². The summed E-state index contributed by atoms with van der Waals surface area (Å²) < 4.78 is 39.0. The predicted octanol–water partition coefficient (Wildman–Crippen LogP) is 13.2. The molecule has 2 aromatic heterocycles. The number of nitrogens with zero attached hydrogens (tertiary/aromatic N) is 6. The van der Waals surface area contributed by atoms with Gasteiger partial charge in [0.05, 0.1) is 73.9 Å². The molecule has 0 bridgehead atoms. The molecule has 0 saturated heterocycles. The molecule has 0 aliphatic heterocycles. The van der Waals surface area contributed by atoms with Crippen molar-refractivity contribution in [1.82, 2.24) is 9.97 Å². The summed E-state index contributed by atoms with van der Waals surface area (Å²) in [7, 11) is 0. The van der Waals surface area contributed by atoms with E-state index >= 15 is 0 Å². The normalized spacial score (nSPS) is 13.0. The number of alkyl halides is 3. The van der Waals surface area contributed by atoms with Crippen LogP contribution >= 0.6 is 0 Å². The Bertz CT molecular complexity index is 2550. The quantitative estimate of drug-likeness (QED) is 0.130. The van der Waals surface area contributed by atoms with Crippen molar-refractivity contribution in [1.29, 1.82) is 0 Å². The zero-order valence-corrected chi connectivity index (χ0v) is 34.4. The van der Waals surface area contributed by atoms with Crippen LogP contribution in [0.1, 0.15) is 95.0 Å². The molecule has 2 heterocycles. The predicted molar refractivity (Wildman–Crippen MR) is 233 cm³/mol. The van der Waals surface area contributed by atoms with Gasteiger partial charge in [0.25, 0.3) is 0 Å². The minimum atomic E-state index is -4.39. The van der Waals surface area contributed by atoms with Gasteiger partial charge in [-0.3, -0.25) is 20.0 Å². The molecule has 0 atom stereocenters. The lowest BCUT2D eigenvalue weighted by Gasteiger charge is -2.13. The van der Waals surface area contributed by atoms with E-state index in [0.717, 1.165) is 86.4 Å². The Balaban J connectivity index is 1.17. The molecule has 6 rings (SSSR count). The molecule has 9 heteroatoms. The first kappa shape index (κ1) is 41.3. The molecule has 4 aromatic carbocycles. The summed E-state index contributed by atoms with van der Waals surface area (Å²) in [5.41, 5.74) is 16.3. The highest BCUT2D eigenvalue weighted by atomic mass is 19.4. The zero-order valence-electron chi connectivity index (χ0n) is 34.4. The molecule has 58 heavy (non-hydrogen) atoms. The summed E-state index contributed by atoms with van der Waals surface area (Å²) in [4.78, 5) is 29.0. The van der Waals surface area contributed by atoms with Crippen LogP contribution in [0.3, 0.4) is 0 Å². The Kier molecular flexibility index (Phi) is 12.4. The second kappa shape index (κ2) is 17.4. The largest absolute Gasteiger partial charge is 0.416 e. The first-order valence-electron chi connectivity index (χ1n) is 19.1. The molecule has 0 unspecified atom stereocenters. The molecule has 0 aliphatic rings. The fourth-order valence-electron chi connectivity index (χ4n) is 6.86. The maximum atomic E-state index is 13.0. The van der Waals surface area contributed by atoms with Gasteiger partial charge in [-0.1, -0.05) is 54.1 Å². The first-order valence-corrected chi connectivity index (χ1v) is 19.1. The lowest BCUT2D eigenvalue weighted by molar-refractivity contribution is -0.137. The molecule has 0 N–H and O–H groups in total. The number of benzene rings is 4. The Hall–Kier alpha value is -6.35. The number of aromatic nitrogens is 2. The first-order chi connectivity index (χ1) is 27.5. The smallest absolute Gasteiger partial charge is 0.252 e. The van der Waals surface area contributed by atoms with Crippen LogP contribution in [0.5, 0.6) is 0 Å². The van der Waals surface area contributed by atoms with Gasteiger partial charge in [-0.15, -0.1) is 0 Å². The zero-order chi connectivity index (χ0) is 41.7. The van der Waals surface area contributed by atoms with Crippen LogP contribution in [-0.4, -0.2) is 32.8 Å². The third-order valence-corrected chi connectivity index (χ3v) is 9.87. The van der Waals surface area contributed by atoms with Gasteiger partial charge < -0.3 is 0 Å². The van der Waals surface area contributed by atoms with Crippen molar-refractivity contribution in [3.63, 3.8) is 0 Å². The highest BCUT2D eigenvalue weighted by molar-refractivity contribution is 6.03. The molecule has 0 amide bonds. The molecule has 0 aliphatic carbocycles. The summed E-state index contributed by atoms with van der Waals surface area (Å²) in [6.45, 7) is 18.1. The van der Waals surface area contributed by atoms with Gasteiger partial charge >= 0.3 is 6.18 Å². The lowest BCUT2D eigenvalue weighted by atomic mass is 9.96. The number of halogens is 3. The maximum absolute atomic E-state index is 13.0. The summed E-state index contributed by atoms with van der Waals surface area (Å²) in [5.74, 6) is 0. The average Bonchev–Trinajstić information content (AvgIpc) is 3.18. The Labute approximate surface area is 339 Å². The highest BCUT2D eigenvalue weighted by Crippen LogP contribution is 2.32. The van der Waals surface area contributed by atoms with Crippen LogP contribution in [0, 0.1) is 34.6 Å². The molecule has 6 aromatic rings. The third kappa shape index (κ3) is 10.1. The molecule has 0 fully saturated rings. The van der Waals surface area contributed by atoms with E-state index in [1.54, 1.807) is 6.92 Å². The molecule has 0 saturated carbocycles. The molecule has 6 nitrogen and oxygen atoms in total. The van der Waals surface area contributed by atoms with Gasteiger partial charge in [-0.05, 0) is 163 Å². The standard InChI is InChI=1S/C49H47F3N6/c1-29-16-20-41(21-17-29)53-34(6)43-12-10-14-45(57-43)36(8)55-47-30(2)24-38(25-31(47)3)28-39-26-32(4)48(33(5)27-39)56-37(9)46-15-11-13-44(58-46)35(7)54-42-22-18-40(19-23-42)49(50,51)52/h10-27H,28H2,1-9H3/b53-34+,54-35+,55-36+,56-37+. The fourth-order valence-corrected chi connectivity index (χ4v) is 6.86. The summed E-state index contributed by atoms with van der Waals surface area (Å²) >= 11 is 0. The van der Waals surface area contributed by atoms with Crippen LogP contribution in [0.2, 0.25) is 0 Å². The SMILES string of the molecule is C/C(=N\c1ccc(C)cc1)c1cccc(/C(C)=N/c2c(C)cc(Cc3cc(C)c(/N=C(\C)c4cccc(/C(C)=N/c5ccc(C(F)(F)F)cc5)n4)c(C)c3)cc2C)n1. The molecule has 294 valence electrons. The van der Waals surface area contributed by atoms with Crippen LogP contribution in [0.25, 0.3) is 0 Å². The Morgan fingerprint density at radius 2 is 0.793 bits per heavy atom. The number of aryl methyl sites for hydroxylation is 5. The van der Waals surface area contributed by atoms with Gasteiger partial charge in [0.15, 0.2) is 0 Å². The van der Waals surface area contributed by atoms with Crippen molar-refractivity contribution in [2.24, 2.45) is 20.0 Å². The fraction of sp³-hybridized carbons (Fsp3) is 0.224. The number of aliphatic imine (C=N–C) groups is 4. The van der Waals surface area contributed by atoms with Gasteiger partial charge in [-0.25, -0.2) is 9.97 Å². The van der Waals surface area contributed by atoms with E-state index in [1.807, 2.05) is 69.3 Å². The number of hydrogen-bond acceptors (Lipinski definition) is 6. The van der Waals surface area contributed by atoms with E-state index in [0.29, 0.717) is 22.8 Å². The second-order valence-electron chi connectivity index (χ2n) is 14.8.